The van der Waals surface area contributed by atoms with Gasteiger partial charge in [0.1, 0.15) is 24.7 Å². The minimum atomic E-state index is 0.0469. The van der Waals surface area contributed by atoms with Crippen LogP contribution < -0.4 is 9.47 Å². The normalized spacial score (nSPS) is 12.9. The number of pyridine rings is 1. The van der Waals surface area contributed by atoms with E-state index < -0.39 is 0 Å². The van der Waals surface area contributed by atoms with Gasteiger partial charge in [-0.25, -0.2) is 0 Å². The first-order valence-electron chi connectivity index (χ1n) is 8.71. The lowest BCUT2D eigenvalue weighted by molar-refractivity contribution is 0.0998. The van der Waals surface area contributed by atoms with Crippen molar-refractivity contribution in [1.82, 2.24) is 4.98 Å². The molecule has 0 amide bonds. The topological polar surface area (TPSA) is 60.8 Å². The lowest BCUT2D eigenvalue weighted by Gasteiger charge is -2.15. The van der Waals surface area contributed by atoms with E-state index in [9.17, 15) is 4.79 Å². The molecular formula is C22H18N2O3. The Hall–Kier alpha value is -3.47. The summed E-state index contributed by atoms with van der Waals surface area (Å²) in [5.41, 5.74) is 3.04. The first-order valence-corrected chi connectivity index (χ1v) is 8.71. The Morgan fingerprint density at radius 2 is 1.56 bits per heavy atom. The number of carbonyl (C=O) groups is 1. The van der Waals surface area contributed by atoms with Gasteiger partial charge in [-0.2, -0.15) is 0 Å². The van der Waals surface area contributed by atoms with Crippen LogP contribution in [0, 0.1) is 0 Å². The molecule has 1 aliphatic rings. The van der Waals surface area contributed by atoms with E-state index in [0.29, 0.717) is 29.3 Å². The lowest BCUT2D eigenvalue weighted by Crippen LogP contribution is -2.19. The predicted molar refractivity (Wildman–Crippen MR) is 103 cm³/mol. The summed E-state index contributed by atoms with van der Waals surface area (Å²) in [6.45, 7) is 0.789. The van der Waals surface area contributed by atoms with E-state index >= 15 is 0 Å². The summed E-state index contributed by atoms with van der Waals surface area (Å²) in [6.07, 6.45) is 3.48. The first-order chi connectivity index (χ1) is 13.3. The number of benzene rings is 2. The monoisotopic (exact) mass is 358 g/mol. The molecule has 2 aromatic carbocycles. The van der Waals surface area contributed by atoms with Gasteiger partial charge in [0.15, 0.2) is 5.78 Å². The first kappa shape index (κ1) is 17.0. The van der Waals surface area contributed by atoms with Crippen molar-refractivity contribution in [3.05, 3.63) is 84.2 Å². The molecule has 4 rings (SSSR count). The molecule has 0 saturated carbocycles. The fourth-order valence-electron chi connectivity index (χ4n) is 2.82. The van der Waals surface area contributed by atoms with Gasteiger partial charge in [-0.15, -0.1) is 0 Å². The summed E-state index contributed by atoms with van der Waals surface area (Å²) >= 11 is 0. The molecule has 0 radical (unpaired) electrons. The summed E-state index contributed by atoms with van der Waals surface area (Å²) in [5, 5.41) is 0. The van der Waals surface area contributed by atoms with Crippen LogP contribution in [0.1, 0.15) is 22.3 Å². The fraction of sp³-hybridized carbons (Fsp3) is 0.136. The molecule has 0 unspecified atom stereocenters. The van der Waals surface area contributed by atoms with Crippen LogP contribution in [0.4, 0.5) is 5.69 Å². The van der Waals surface area contributed by atoms with E-state index in [4.69, 9.17) is 9.47 Å². The summed E-state index contributed by atoms with van der Waals surface area (Å²) in [6, 6.07) is 19.1. The van der Waals surface area contributed by atoms with Gasteiger partial charge in [-0.3, -0.25) is 14.8 Å². The largest absolute Gasteiger partial charge is 0.489 e. The average molecular weight is 358 g/mol. The Bertz CT molecular complexity index is 966. The second-order valence-corrected chi connectivity index (χ2v) is 6.21. The Balaban J connectivity index is 1.34. The molecule has 0 bridgehead atoms. The van der Waals surface area contributed by atoms with E-state index in [1.165, 1.54) is 0 Å². The van der Waals surface area contributed by atoms with E-state index in [-0.39, 0.29) is 18.8 Å². The summed E-state index contributed by atoms with van der Waals surface area (Å²) in [4.78, 5) is 20.7. The van der Waals surface area contributed by atoms with Crippen LogP contribution in [-0.4, -0.2) is 23.1 Å². The second kappa shape index (κ2) is 7.83. The number of ether oxygens (including phenoxy) is 2. The summed E-state index contributed by atoms with van der Waals surface area (Å²) < 4.78 is 11.5. The highest BCUT2D eigenvalue weighted by Gasteiger charge is 2.20. The minimum Gasteiger partial charge on any atom is -0.489 e. The van der Waals surface area contributed by atoms with E-state index in [2.05, 4.69) is 9.98 Å². The zero-order valence-corrected chi connectivity index (χ0v) is 14.7. The number of nitrogens with zero attached hydrogens (tertiary/aromatic N) is 2. The van der Waals surface area contributed by atoms with Crippen LogP contribution in [0.25, 0.3) is 0 Å². The second-order valence-electron chi connectivity index (χ2n) is 6.21. The highest BCUT2D eigenvalue weighted by atomic mass is 16.5. The molecule has 2 heterocycles. The number of hydrogen-bond acceptors (Lipinski definition) is 5. The maximum absolute atomic E-state index is 12.2. The van der Waals surface area contributed by atoms with Crippen LogP contribution in [0.2, 0.25) is 0 Å². The molecule has 134 valence electrons. The minimum absolute atomic E-state index is 0.0469. The van der Waals surface area contributed by atoms with E-state index in [1.54, 1.807) is 18.5 Å². The van der Waals surface area contributed by atoms with Gasteiger partial charge in [0.25, 0.3) is 0 Å². The van der Waals surface area contributed by atoms with Gasteiger partial charge in [-0.1, -0.05) is 30.3 Å². The molecule has 5 nitrogen and oxygen atoms in total. The van der Waals surface area contributed by atoms with Gasteiger partial charge in [-0.05, 0) is 35.9 Å². The third-order valence-electron chi connectivity index (χ3n) is 4.22. The molecule has 1 aliphatic heterocycles. The summed E-state index contributed by atoms with van der Waals surface area (Å²) in [5.74, 6) is 1.52. The van der Waals surface area contributed by atoms with E-state index in [1.807, 2.05) is 54.6 Å². The Labute approximate surface area is 157 Å². The maximum Gasteiger partial charge on any atom is 0.170 e. The van der Waals surface area contributed by atoms with Gasteiger partial charge < -0.3 is 9.47 Å². The van der Waals surface area contributed by atoms with Crippen LogP contribution in [0.15, 0.2) is 78.0 Å². The Morgan fingerprint density at radius 3 is 2.30 bits per heavy atom. The van der Waals surface area contributed by atoms with Gasteiger partial charge in [0.2, 0.25) is 0 Å². The molecule has 1 aromatic heterocycles. The summed E-state index contributed by atoms with van der Waals surface area (Å²) in [7, 11) is 0. The van der Waals surface area contributed by atoms with Crippen molar-refractivity contribution in [2.75, 3.05) is 6.61 Å². The van der Waals surface area contributed by atoms with Crippen molar-refractivity contribution in [1.29, 1.82) is 0 Å². The molecule has 3 aromatic rings. The number of carbonyl (C=O) groups excluding carboxylic acids is 1. The third-order valence-corrected chi connectivity index (χ3v) is 4.22. The third kappa shape index (κ3) is 4.20. The van der Waals surface area contributed by atoms with Crippen molar-refractivity contribution in [3.8, 4) is 11.5 Å². The average Bonchev–Trinajstić information content (AvgIpc) is 2.72. The van der Waals surface area contributed by atoms with Crippen LogP contribution in [0.3, 0.4) is 0 Å². The fourth-order valence-corrected chi connectivity index (χ4v) is 2.82. The standard InChI is InChI=1S/C22H18N2O3/c25-22-12-17(24-21-13-23-11-10-20(21)22)15-27-19-8-6-18(7-9-19)26-14-16-4-2-1-3-5-16/h1-11,13H,12,14-15H2. The van der Waals surface area contributed by atoms with Crippen LogP contribution in [-0.2, 0) is 6.61 Å². The molecule has 0 spiro atoms. The Kier molecular flexibility index (Phi) is 4.92. The number of aromatic nitrogens is 1. The Morgan fingerprint density at radius 1 is 0.852 bits per heavy atom. The lowest BCUT2D eigenvalue weighted by atomic mass is 10.0. The molecular weight excluding hydrogens is 340 g/mol. The quantitative estimate of drug-likeness (QED) is 0.655. The maximum atomic E-state index is 12.2. The van der Waals surface area contributed by atoms with Crippen molar-refractivity contribution in [2.45, 2.75) is 13.0 Å². The molecule has 0 aliphatic carbocycles. The molecule has 5 heteroatoms. The molecule has 27 heavy (non-hydrogen) atoms. The predicted octanol–water partition coefficient (Wildman–Crippen LogP) is 4.40. The van der Waals surface area contributed by atoms with Crippen molar-refractivity contribution in [2.24, 2.45) is 4.99 Å². The number of ketones is 1. The molecule has 0 N–H and O–H groups in total. The zero-order valence-electron chi connectivity index (χ0n) is 14.7. The SMILES string of the molecule is O=C1CC(COc2ccc(OCc3ccccc3)cc2)=Nc2cnccc21. The van der Waals surface area contributed by atoms with E-state index in [0.717, 1.165) is 11.3 Å². The smallest absolute Gasteiger partial charge is 0.170 e. The van der Waals surface area contributed by atoms with Crippen LogP contribution in [0.5, 0.6) is 11.5 Å². The van der Waals surface area contributed by atoms with Crippen molar-refractivity contribution < 1.29 is 14.3 Å². The molecule has 0 atom stereocenters. The van der Waals surface area contributed by atoms with Gasteiger partial charge in [0.05, 0.1) is 24.0 Å². The molecule has 0 fully saturated rings. The number of hydrogen-bond donors (Lipinski definition) is 0. The van der Waals surface area contributed by atoms with Crippen molar-refractivity contribution >= 4 is 17.2 Å². The van der Waals surface area contributed by atoms with Gasteiger partial charge in [0, 0.05) is 11.8 Å². The van der Waals surface area contributed by atoms with Gasteiger partial charge >= 0.3 is 0 Å². The zero-order chi connectivity index (χ0) is 18.5. The van der Waals surface area contributed by atoms with Crippen LogP contribution >= 0.6 is 0 Å². The highest BCUT2D eigenvalue weighted by molar-refractivity contribution is 6.16. The highest BCUT2D eigenvalue weighted by Crippen LogP contribution is 2.25. The number of fused-ring (bicyclic) bond motifs is 1. The number of aliphatic imine (C=N–C) groups is 1. The van der Waals surface area contributed by atoms with Crippen molar-refractivity contribution in [3.63, 3.8) is 0 Å². The molecule has 0 saturated heterocycles. The number of rotatable bonds is 6. The number of Topliss-reactive ketones (excluding diaryl/α,β-unsaturated/α-hetero) is 1.